The number of carbonyl (C=O) groups is 2. The van der Waals surface area contributed by atoms with Crippen LogP contribution >= 0.6 is 22.9 Å². The molecule has 1 fully saturated rings. The molecular weight excluding hydrogens is 452 g/mol. The number of amides is 1. The maximum Gasteiger partial charge on any atom is 0.317 e. The first-order chi connectivity index (χ1) is 15.4. The van der Waals surface area contributed by atoms with Gasteiger partial charge < -0.3 is 14.2 Å². The van der Waals surface area contributed by atoms with Crippen molar-refractivity contribution in [1.82, 2.24) is 4.98 Å². The Morgan fingerprint density at radius 1 is 1.12 bits per heavy atom. The van der Waals surface area contributed by atoms with Gasteiger partial charge >= 0.3 is 5.97 Å². The lowest BCUT2D eigenvalue weighted by atomic mass is 9.96. The molecule has 1 aliphatic carbocycles. The van der Waals surface area contributed by atoms with Gasteiger partial charge in [0.1, 0.15) is 11.5 Å². The number of rotatable bonds is 8. The number of carbonyl (C=O) groups excluding carboxylic acids is 2. The lowest BCUT2D eigenvalue weighted by molar-refractivity contribution is -0.150. The largest absolute Gasteiger partial charge is 0.497 e. The highest BCUT2D eigenvalue weighted by Gasteiger charge is 2.52. The Hall–Kier alpha value is -3.10. The Morgan fingerprint density at radius 3 is 2.53 bits per heavy atom. The Morgan fingerprint density at radius 2 is 1.88 bits per heavy atom. The summed E-state index contributed by atoms with van der Waals surface area (Å²) in [6.45, 7) is -0.383. The molecule has 1 amide bonds. The number of thiazole rings is 1. The molecule has 7 nitrogen and oxygen atoms in total. The first-order valence-electron chi connectivity index (χ1n) is 9.86. The maximum absolute atomic E-state index is 12.6. The maximum atomic E-state index is 12.6. The lowest BCUT2D eigenvalue weighted by Gasteiger charge is -2.14. The van der Waals surface area contributed by atoms with Gasteiger partial charge in [0.05, 0.1) is 25.3 Å². The van der Waals surface area contributed by atoms with E-state index in [-0.39, 0.29) is 6.61 Å². The highest BCUT2D eigenvalue weighted by molar-refractivity contribution is 7.14. The summed E-state index contributed by atoms with van der Waals surface area (Å²) < 4.78 is 16.0. The minimum absolute atomic E-state index is 0.383. The van der Waals surface area contributed by atoms with E-state index in [1.54, 1.807) is 43.9 Å². The van der Waals surface area contributed by atoms with Crippen LogP contribution < -0.4 is 14.8 Å². The number of hydrogen-bond donors (Lipinski definition) is 1. The number of anilines is 1. The summed E-state index contributed by atoms with van der Waals surface area (Å²) in [4.78, 5) is 29.4. The third kappa shape index (κ3) is 4.56. The number of nitrogens with zero attached hydrogens (tertiary/aromatic N) is 1. The molecule has 0 unspecified atom stereocenters. The Balaban J connectivity index is 1.37. The molecule has 0 radical (unpaired) electrons. The Bertz CT molecular complexity index is 1140. The van der Waals surface area contributed by atoms with Crippen molar-refractivity contribution in [3.05, 3.63) is 58.4 Å². The average molecular weight is 473 g/mol. The number of halogens is 1. The van der Waals surface area contributed by atoms with Gasteiger partial charge in [0, 0.05) is 16.0 Å². The predicted molar refractivity (Wildman–Crippen MR) is 123 cm³/mol. The van der Waals surface area contributed by atoms with E-state index in [9.17, 15) is 9.59 Å². The van der Waals surface area contributed by atoms with Gasteiger partial charge in [-0.25, -0.2) is 4.98 Å². The number of aromatic nitrogens is 1. The number of hydrogen-bond acceptors (Lipinski definition) is 7. The smallest absolute Gasteiger partial charge is 0.317 e. The van der Waals surface area contributed by atoms with E-state index < -0.39 is 17.3 Å². The first kappa shape index (κ1) is 22.1. The molecule has 0 bridgehead atoms. The van der Waals surface area contributed by atoms with Gasteiger partial charge in [0.25, 0.3) is 5.91 Å². The van der Waals surface area contributed by atoms with Gasteiger partial charge in [-0.2, -0.15) is 0 Å². The highest BCUT2D eigenvalue weighted by Crippen LogP contribution is 2.49. The van der Waals surface area contributed by atoms with Crippen LogP contribution in [0, 0.1) is 0 Å². The zero-order valence-electron chi connectivity index (χ0n) is 17.5. The molecule has 1 heterocycles. The van der Waals surface area contributed by atoms with Crippen molar-refractivity contribution in [1.29, 1.82) is 0 Å². The summed E-state index contributed by atoms with van der Waals surface area (Å²) in [7, 11) is 3.16. The summed E-state index contributed by atoms with van der Waals surface area (Å²) in [5.74, 6) is 0.445. The zero-order chi connectivity index (χ0) is 22.7. The van der Waals surface area contributed by atoms with E-state index in [4.69, 9.17) is 25.8 Å². The number of ether oxygens (including phenoxy) is 3. The fraction of sp³-hybridized carbons (Fsp3) is 0.261. The van der Waals surface area contributed by atoms with E-state index in [1.165, 1.54) is 11.3 Å². The summed E-state index contributed by atoms with van der Waals surface area (Å²) in [6, 6.07) is 12.5. The average Bonchev–Trinajstić information content (AvgIpc) is 3.50. The van der Waals surface area contributed by atoms with Crippen LogP contribution in [-0.4, -0.2) is 37.7 Å². The summed E-state index contributed by atoms with van der Waals surface area (Å²) in [5, 5.41) is 5.48. The van der Waals surface area contributed by atoms with Crippen molar-refractivity contribution < 1.29 is 23.8 Å². The normalized spacial score (nSPS) is 13.8. The molecule has 0 aliphatic heterocycles. The molecule has 4 rings (SSSR count). The molecule has 166 valence electrons. The van der Waals surface area contributed by atoms with Crippen LogP contribution in [0.2, 0.25) is 5.02 Å². The quantitative estimate of drug-likeness (QED) is 0.478. The van der Waals surface area contributed by atoms with Gasteiger partial charge in [0.15, 0.2) is 11.7 Å². The van der Waals surface area contributed by atoms with Gasteiger partial charge in [-0.15, -0.1) is 11.3 Å². The van der Waals surface area contributed by atoms with E-state index >= 15 is 0 Å². The molecule has 1 aliphatic rings. The van der Waals surface area contributed by atoms with E-state index in [2.05, 4.69) is 10.3 Å². The van der Waals surface area contributed by atoms with Crippen molar-refractivity contribution in [2.24, 2.45) is 0 Å². The third-order valence-electron chi connectivity index (χ3n) is 5.31. The second kappa shape index (κ2) is 9.18. The standard InChI is InChI=1S/C23H21ClN2O5S/c1-29-16-7-8-19(30-2)17(11-16)18-13-32-22(25-18)26-20(27)12-31-21(28)23(9-10-23)14-3-5-15(24)6-4-14/h3-8,11,13H,9-10,12H2,1-2H3,(H,25,26,27). The molecular formula is C23H21ClN2O5S. The summed E-state index contributed by atoms with van der Waals surface area (Å²) in [6.07, 6.45) is 1.38. The topological polar surface area (TPSA) is 86.8 Å². The van der Waals surface area contributed by atoms with Crippen molar-refractivity contribution in [2.45, 2.75) is 18.3 Å². The SMILES string of the molecule is COc1ccc(OC)c(-c2csc(NC(=O)COC(=O)C3(c4ccc(Cl)cc4)CC3)n2)c1. The summed E-state index contributed by atoms with van der Waals surface area (Å²) >= 11 is 7.19. The zero-order valence-corrected chi connectivity index (χ0v) is 19.1. The molecule has 9 heteroatoms. The summed E-state index contributed by atoms with van der Waals surface area (Å²) in [5.41, 5.74) is 1.55. The fourth-order valence-corrected chi connectivity index (χ4v) is 4.25. The second-order valence-electron chi connectivity index (χ2n) is 7.32. The van der Waals surface area contributed by atoms with E-state index in [1.807, 2.05) is 18.2 Å². The molecule has 1 aromatic heterocycles. The Kier molecular flexibility index (Phi) is 6.34. The molecule has 3 aromatic rings. The lowest BCUT2D eigenvalue weighted by Crippen LogP contribution is -2.28. The third-order valence-corrected chi connectivity index (χ3v) is 6.31. The van der Waals surface area contributed by atoms with Crippen LogP contribution in [0.25, 0.3) is 11.3 Å². The monoisotopic (exact) mass is 472 g/mol. The van der Waals surface area contributed by atoms with E-state index in [0.29, 0.717) is 40.2 Å². The molecule has 32 heavy (non-hydrogen) atoms. The van der Waals surface area contributed by atoms with Crippen LogP contribution in [0.4, 0.5) is 5.13 Å². The van der Waals surface area contributed by atoms with Gasteiger partial charge in [-0.1, -0.05) is 23.7 Å². The molecule has 0 saturated heterocycles. The van der Waals surface area contributed by atoms with Crippen molar-refractivity contribution in [3.63, 3.8) is 0 Å². The predicted octanol–water partition coefficient (Wildman–Crippen LogP) is 4.69. The first-order valence-corrected chi connectivity index (χ1v) is 11.1. The molecule has 0 atom stereocenters. The van der Waals surface area contributed by atoms with Gasteiger partial charge in [0.2, 0.25) is 0 Å². The molecule has 1 saturated carbocycles. The second-order valence-corrected chi connectivity index (χ2v) is 8.61. The molecule has 1 N–H and O–H groups in total. The van der Waals surface area contributed by atoms with Crippen LogP contribution in [0.5, 0.6) is 11.5 Å². The molecule has 0 spiro atoms. The van der Waals surface area contributed by atoms with Crippen molar-refractivity contribution in [3.8, 4) is 22.8 Å². The number of benzene rings is 2. The number of esters is 1. The minimum Gasteiger partial charge on any atom is -0.497 e. The fourth-order valence-electron chi connectivity index (χ4n) is 3.40. The van der Waals surface area contributed by atoms with Crippen LogP contribution in [0.3, 0.4) is 0 Å². The highest BCUT2D eigenvalue weighted by atomic mass is 35.5. The number of methoxy groups -OCH3 is 2. The number of nitrogens with one attached hydrogen (secondary N) is 1. The van der Waals surface area contributed by atoms with Crippen molar-refractivity contribution >= 4 is 39.9 Å². The Labute approximate surface area is 194 Å². The van der Waals surface area contributed by atoms with Gasteiger partial charge in [-0.3, -0.25) is 14.9 Å². The minimum atomic E-state index is -0.678. The van der Waals surface area contributed by atoms with Gasteiger partial charge in [-0.05, 0) is 48.7 Å². The van der Waals surface area contributed by atoms with Crippen LogP contribution in [-0.2, 0) is 19.7 Å². The van der Waals surface area contributed by atoms with Crippen LogP contribution in [0.1, 0.15) is 18.4 Å². The van der Waals surface area contributed by atoms with Crippen molar-refractivity contribution in [2.75, 3.05) is 26.1 Å². The van der Waals surface area contributed by atoms with E-state index in [0.717, 1.165) is 11.1 Å². The van der Waals surface area contributed by atoms with Crippen LogP contribution in [0.15, 0.2) is 47.8 Å². The molecule has 2 aromatic carbocycles.